The third-order valence-corrected chi connectivity index (χ3v) is 6.14. The quantitative estimate of drug-likeness (QED) is 0.214. The molecular weight excluding hydrogens is 466 g/mol. The number of ether oxygens (including phenoxy) is 1. The molecule has 0 radical (unpaired) electrons. The lowest BCUT2D eigenvalue weighted by Crippen LogP contribution is -2.25. The number of hydrogen-bond donors (Lipinski definition) is 1. The summed E-state index contributed by atoms with van der Waals surface area (Å²) in [6.07, 6.45) is 10.6. The maximum Gasteiger partial charge on any atom is 0.338 e. The molecule has 0 saturated heterocycles. The molecule has 0 aliphatic rings. The summed E-state index contributed by atoms with van der Waals surface area (Å²) in [4.78, 5) is 29.3. The van der Waals surface area contributed by atoms with Crippen LogP contribution in [0.1, 0.15) is 52.8 Å². The number of nitrogens with one attached hydrogen (secondary N) is 1. The van der Waals surface area contributed by atoms with E-state index in [1.807, 2.05) is 53.3 Å². The molecule has 37 heavy (non-hydrogen) atoms. The number of rotatable bonds is 12. The van der Waals surface area contributed by atoms with Gasteiger partial charge in [0.1, 0.15) is 5.69 Å². The highest BCUT2D eigenvalue weighted by atomic mass is 16.5. The van der Waals surface area contributed by atoms with Crippen molar-refractivity contribution < 1.29 is 14.3 Å². The summed E-state index contributed by atoms with van der Waals surface area (Å²) in [7, 11) is 1.35. The molecule has 0 bridgehead atoms. The van der Waals surface area contributed by atoms with Gasteiger partial charge in [-0.2, -0.15) is 0 Å². The van der Waals surface area contributed by atoms with Crippen LogP contribution in [0.3, 0.4) is 0 Å². The highest BCUT2D eigenvalue weighted by molar-refractivity contribution is 6.04. The van der Waals surface area contributed by atoms with E-state index in [1.54, 1.807) is 30.6 Å². The first-order valence-corrected chi connectivity index (χ1v) is 12.5. The number of methoxy groups -OCH3 is 1. The van der Waals surface area contributed by atoms with E-state index in [4.69, 9.17) is 4.74 Å². The molecule has 0 fully saturated rings. The van der Waals surface area contributed by atoms with E-state index in [0.717, 1.165) is 49.9 Å². The van der Waals surface area contributed by atoms with Crippen LogP contribution in [0.5, 0.6) is 0 Å². The Morgan fingerprint density at radius 2 is 1.57 bits per heavy atom. The van der Waals surface area contributed by atoms with Gasteiger partial charge in [-0.15, -0.1) is 5.10 Å². The van der Waals surface area contributed by atoms with Crippen molar-refractivity contribution in [1.82, 2.24) is 25.3 Å². The van der Waals surface area contributed by atoms with Crippen LogP contribution in [-0.4, -0.2) is 45.5 Å². The molecule has 0 spiro atoms. The van der Waals surface area contributed by atoms with E-state index in [9.17, 15) is 9.59 Å². The van der Waals surface area contributed by atoms with E-state index in [2.05, 4.69) is 20.6 Å². The van der Waals surface area contributed by atoms with Gasteiger partial charge < -0.3 is 10.1 Å². The predicted molar refractivity (Wildman–Crippen MR) is 142 cm³/mol. The summed E-state index contributed by atoms with van der Waals surface area (Å²) in [6.45, 7) is 1.43. The van der Waals surface area contributed by atoms with Crippen LogP contribution in [0.25, 0.3) is 22.4 Å². The molecule has 0 saturated carbocycles. The van der Waals surface area contributed by atoms with Crippen molar-refractivity contribution in [3.63, 3.8) is 0 Å². The fourth-order valence-corrected chi connectivity index (χ4v) is 4.20. The second-order valence-electron chi connectivity index (χ2n) is 8.71. The minimum atomic E-state index is -0.427. The Bertz CT molecular complexity index is 1320. The van der Waals surface area contributed by atoms with E-state index in [1.165, 1.54) is 7.11 Å². The Labute approximate surface area is 216 Å². The fraction of sp³-hybridized carbons (Fsp3) is 0.276. The van der Waals surface area contributed by atoms with Crippen LogP contribution in [-0.2, 0) is 11.3 Å². The van der Waals surface area contributed by atoms with Gasteiger partial charge in [0.05, 0.1) is 18.9 Å². The lowest BCUT2D eigenvalue weighted by atomic mass is 9.95. The average Bonchev–Trinajstić information content (AvgIpc) is 3.43. The third kappa shape index (κ3) is 6.88. The zero-order valence-corrected chi connectivity index (χ0v) is 21.0. The van der Waals surface area contributed by atoms with Gasteiger partial charge in [0.15, 0.2) is 0 Å². The summed E-state index contributed by atoms with van der Waals surface area (Å²) in [5.74, 6) is -0.575. The Balaban J connectivity index is 1.19. The Morgan fingerprint density at radius 3 is 2.32 bits per heavy atom. The number of benzene rings is 2. The van der Waals surface area contributed by atoms with E-state index < -0.39 is 5.97 Å². The summed E-state index contributed by atoms with van der Waals surface area (Å²) in [6, 6.07) is 18.3. The molecule has 2 heterocycles. The number of esters is 1. The number of pyridine rings is 1. The first-order chi connectivity index (χ1) is 18.2. The lowest BCUT2D eigenvalue weighted by Gasteiger charge is -2.13. The van der Waals surface area contributed by atoms with Crippen molar-refractivity contribution in [2.75, 3.05) is 13.7 Å². The fourth-order valence-electron chi connectivity index (χ4n) is 4.20. The Hall–Kier alpha value is -4.33. The number of aromatic nitrogens is 4. The number of aryl methyl sites for hydroxylation is 1. The predicted octanol–water partition coefficient (Wildman–Crippen LogP) is 5.17. The zero-order chi connectivity index (χ0) is 25.9. The molecule has 0 aliphatic carbocycles. The second-order valence-corrected chi connectivity index (χ2v) is 8.71. The molecule has 190 valence electrons. The van der Waals surface area contributed by atoms with Crippen LogP contribution in [0.15, 0.2) is 79.3 Å². The van der Waals surface area contributed by atoms with Crippen molar-refractivity contribution >= 4 is 11.9 Å². The number of carbonyl (C=O) groups is 2. The first-order valence-electron chi connectivity index (χ1n) is 12.5. The molecule has 0 unspecified atom stereocenters. The maximum atomic E-state index is 12.9. The molecule has 0 atom stereocenters. The standard InChI is InChI=1S/C29H31N5O3/c1-37-29(36)26-16-8-6-14-24(26)23-13-5-7-15-25(23)28(35)31-18-9-3-2-4-10-19-34-21-27(32-33-34)22-12-11-17-30-20-22/h5-8,11-17,20-21H,2-4,9-10,18-19H2,1H3,(H,31,35). The van der Waals surface area contributed by atoms with Gasteiger partial charge in [-0.1, -0.05) is 60.9 Å². The van der Waals surface area contributed by atoms with Crippen LogP contribution in [0.4, 0.5) is 0 Å². The van der Waals surface area contributed by atoms with Gasteiger partial charge in [-0.3, -0.25) is 14.5 Å². The van der Waals surface area contributed by atoms with Crippen LogP contribution in [0, 0.1) is 0 Å². The molecule has 0 aliphatic heterocycles. The molecule has 1 amide bonds. The highest BCUT2D eigenvalue weighted by Crippen LogP contribution is 2.27. The molecule has 2 aromatic carbocycles. The normalized spacial score (nSPS) is 10.7. The topological polar surface area (TPSA) is 99.0 Å². The van der Waals surface area contributed by atoms with Gasteiger partial charge in [0, 0.05) is 36.6 Å². The van der Waals surface area contributed by atoms with E-state index in [0.29, 0.717) is 28.8 Å². The monoisotopic (exact) mass is 497 g/mol. The summed E-state index contributed by atoms with van der Waals surface area (Å²) in [5.41, 5.74) is 4.16. The van der Waals surface area contributed by atoms with Gasteiger partial charge in [0.25, 0.3) is 5.91 Å². The number of nitrogens with zero attached hydrogens (tertiary/aromatic N) is 4. The second kappa shape index (κ2) is 13.1. The SMILES string of the molecule is COC(=O)c1ccccc1-c1ccccc1C(=O)NCCCCCCCn1cc(-c2cccnc2)nn1. The summed E-state index contributed by atoms with van der Waals surface area (Å²) in [5, 5.41) is 11.4. The highest BCUT2D eigenvalue weighted by Gasteiger charge is 2.18. The molecule has 8 nitrogen and oxygen atoms in total. The Kier molecular flexibility index (Phi) is 9.12. The molecule has 1 N–H and O–H groups in total. The smallest absolute Gasteiger partial charge is 0.338 e. The molecule has 4 rings (SSSR count). The largest absolute Gasteiger partial charge is 0.465 e. The van der Waals surface area contributed by atoms with Crippen LogP contribution >= 0.6 is 0 Å². The minimum absolute atomic E-state index is 0.147. The zero-order valence-electron chi connectivity index (χ0n) is 21.0. The van der Waals surface area contributed by atoms with E-state index in [-0.39, 0.29) is 5.91 Å². The van der Waals surface area contributed by atoms with Crippen molar-refractivity contribution in [2.45, 2.75) is 38.6 Å². The van der Waals surface area contributed by atoms with Crippen LogP contribution < -0.4 is 5.32 Å². The van der Waals surface area contributed by atoms with Crippen molar-refractivity contribution in [3.8, 4) is 22.4 Å². The Morgan fingerprint density at radius 1 is 0.865 bits per heavy atom. The number of unbranched alkanes of at least 4 members (excludes halogenated alkanes) is 4. The van der Waals surface area contributed by atoms with Gasteiger partial charge in [-0.05, 0) is 48.2 Å². The van der Waals surface area contributed by atoms with E-state index >= 15 is 0 Å². The first kappa shape index (κ1) is 25.8. The molecule has 4 aromatic rings. The van der Waals surface area contributed by atoms with Gasteiger partial charge in [0.2, 0.25) is 0 Å². The number of carbonyl (C=O) groups excluding carboxylic acids is 2. The molecule has 8 heteroatoms. The summed E-state index contributed by atoms with van der Waals surface area (Å²) < 4.78 is 6.79. The number of hydrogen-bond acceptors (Lipinski definition) is 6. The third-order valence-electron chi connectivity index (χ3n) is 6.14. The van der Waals surface area contributed by atoms with Gasteiger partial charge in [-0.25, -0.2) is 4.79 Å². The molecular formula is C29H31N5O3. The van der Waals surface area contributed by atoms with Crippen LogP contribution in [0.2, 0.25) is 0 Å². The van der Waals surface area contributed by atoms with Gasteiger partial charge >= 0.3 is 5.97 Å². The summed E-state index contributed by atoms with van der Waals surface area (Å²) >= 11 is 0. The average molecular weight is 498 g/mol. The minimum Gasteiger partial charge on any atom is -0.465 e. The van der Waals surface area contributed by atoms with Crippen molar-refractivity contribution in [2.24, 2.45) is 0 Å². The van der Waals surface area contributed by atoms with Crippen molar-refractivity contribution in [1.29, 1.82) is 0 Å². The number of amides is 1. The lowest BCUT2D eigenvalue weighted by molar-refractivity contribution is 0.0601. The van der Waals surface area contributed by atoms with Crippen molar-refractivity contribution in [3.05, 3.63) is 90.4 Å². The maximum absolute atomic E-state index is 12.9. The molecule has 2 aromatic heterocycles.